The van der Waals surface area contributed by atoms with Gasteiger partial charge in [-0.1, -0.05) is 22.4 Å². The molecule has 23 heavy (non-hydrogen) atoms. The Hall–Kier alpha value is -1.40. The standard InChI is InChI=1S/C17H19BrFN3O/c18-10-7-12(19)11-9-15(20-14(11)8-10)17(23)21-13-4-6-22-5-2-1-3-16(13)22/h7-9,13,16,20H,1-6H2,(H,21,23)/t13-,16-/m1/s1. The molecule has 0 bridgehead atoms. The van der Waals surface area contributed by atoms with Crippen LogP contribution in [0.15, 0.2) is 22.7 Å². The first-order chi connectivity index (χ1) is 11.1. The third-order valence-corrected chi connectivity index (χ3v) is 5.53. The quantitative estimate of drug-likeness (QED) is 0.839. The fraction of sp³-hybridized carbons (Fsp3) is 0.471. The predicted molar refractivity (Wildman–Crippen MR) is 91.0 cm³/mol. The number of rotatable bonds is 2. The van der Waals surface area contributed by atoms with Crippen LogP contribution in [0.2, 0.25) is 0 Å². The summed E-state index contributed by atoms with van der Waals surface area (Å²) in [5.74, 6) is -0.474. The van der Waals surface area contributed by atoms with E-state index < -0.39 is 0 Å². The molecule has 2 saturated heterocycles. The molecular weight excluding hydrogens is 361 g/mol. The highest BCUT2D eigenvalue weighted by Crippen LogP contribution is 2.28. The van der Waals surface area contributed by atoms with E-state index in [-0.39, 0.29) is 17.8 Å². The van der Waals surface area contributed by atoms with E-state index in [1.54, 1.807) is 12.1 Å². The SMILES string of the molecule is O=C(N[C@@H]1CCN2CCCC[C@H]12)c1cc2c(F)cc(Br)cc2[nH]1. The summed E-state index contributed by atoms with van der Waals surface area (Å²) in [6, 6.07) is 5.45. The molecule has 0 spiro atoms. The Morgan fingerprint density at radius 3 is 3.00 bits per heavy atom. The van der Waals surface area contributed by atoms with Crippen LogP contribution in [0.4, 0.5) is 4.39 Å². The molecule has 2 N–H and O–H groups in total. The Bertz CT molecular complexity index is 760. The van der Waals surface area contributed by atoms with Crippen molar-refractivity contribution in [3.05, 3.63) is 34.2 Å². The molecule has 2 aliphatic heterocycles. The lowest BCUT2D eigenvalue weighted by Gasteiger charge is -2.32. The summed E-state index contributed by atoms with van der Waals surface area (Å²) in [5, 5.41) is 3.59. The fourth-order valence-corrected chi connectivity index (χ4v) is 4.37. The van der Waals surface area contributed by atoms with Gasteiger partial charge >= 0.3 is 0 Å². The topological polar surface area (TPSA) is 48.1 Å². The number of hydrogen-bond donors (Lipinski definition) is 2. The van der Waals surface area contributed by atoms with Gasteiger partial charge < -0.3 is 10.3 Å². The number of piperidine rings is 1. The fourth-order valence-electron chi connectivity index (χ4n) is 3.94. The second-order valence-corrected chi connectivity index (χ2v) is 7.42. The minimum atomic E-state index is -0.330. The number of carbonyl (C=O) groups is 1. The molecule has 1 aromatic heterocycles. The summed E-state index contributed by atoms with van der Waals surface area (Å²) in [6.45, 7) is 2.20. The smallest absolute Gasteiger partial charge is 0.268 e. The monoisotopic (exact) mass is 379 g/mol. The normalized spacial score (nSPS) is 24.8. The van der Waals surface area contributed by atoms with E-state index in [1.165, 1.54) is 18.9 Å². The van der Waals surface area contributed by atoms with Crippen LogP contribution >= 0.6 is 15.9 Å². The predicted octanol–water partition coefficient (Wildman–Crippen LogP) is 3.43. The van der Waals surface area contributed by atoms with E-state index in [1.807, 2.05) is 0 Å². The molecule has 4 nitrogen and oxygen atoms in total. The van der Waals surface area contributed by atoms with Crippen LogP contribution in [-0.2, 0) is 0 Å². The summed E-state index contributed by atoms with van der Waals surface area (Å²) < 4.78 is 14.6. The minimum absolute atomic E-state index is 0.144. The number of aromatic nitrogens is 1. The van der Waals surface area contributed by atoms with Gasteiger partial charge in [-0.2, -0.15) is 0 Å². The van der Waals surface area contributed by atoms with Gasteiger partial charge in [-0.05, 0) is 44.0 Å². The zero-order chi connectivity index (χ0) is 16.0. The zero-order valence-corrected chi connectivity index (χ0v) is 14.3. The van der Waals surface area contributed by atoms with Gasteiger partial charge in [0.05, 0.1) is 5.52 Å². The van der Waals surface area contributed by atoms with Gasteiger partial charge in [0.2, 0.25) is 0 Å². The first kappa shape index (κ1) is 15.1. The number of halogens is 2. The Labute approximate surface area is 142 Å². The molecule has 2 aliphatic rings. The number of aromatic amines is 1. The van der Waals surface area contributed by atoms with E-state index in [4.69, 9.17) is 0 Å². The van der Waals surface area contributed by atoms with Crippen LogP contribution < -0.4 is 5.32 Å². The van der Waals surface area contributed by atoms with Crippen molar-refractivity contribution in [3.63, 3.8) is 0 Å². The van der Waals surface area contributed by atoms with Crippen LogP contribution in [0, 0.1) is 5.82 Å². The van der Waals surface area contributed by atoms with Gasteiger partial charge in [-0.25, -0.2) is 4.39 Å². The number of nitrogens with zero attached hydrogens (tertiary/aromatic N) is 1. The van der Waals surface area contributed by atoms with Crippen molar-refractivity contribution in [2.45, 2.75) is 37.8 Å². The molecule has 3 heterocycles. The molecule has 2 atom stereocenters. The Kier molecular flexibility index (Phi) is 3.89. The molecule has 0 unspecified atom stereocenters. The molecule has 0 aliphatic carbocycles. The van der Waals surface area contributed by atoms with Crippen LogP contribution in [0.25, 0.3) is 10.9 Å². The number of benzene rings is 1. The number of hydrogen-bond acceptors (Lipinski definition) is 2. The van der Waals surface area contributed by atoms with E-state index >= 15 is 0 Å². The van der Waals surface area contributed by atoms with Crippen molar-refractivity contribution in [1.82, 2.24) is 15.2 Å². The summed E-state index contributed by atoms with van der Waals surface area (Å²) in [7, 11) is 0. The lowest BCUT2D eigenvalue weighted by molar-refractivity contribution is 0.0911. The largest absolute Gasteiger partial charge is 0.350 e. The van der Waals surface area contributed by atoms with Crippen LogP contribution in [0.5, 0.6) is 0 Å². The average Bonchev–Trinajstić information content (AvgIpc) is 3.12. The average molecular weight is 380 g/mol. The molecule has 1 amide bonds. The maximum atomic E-state index is 14.0. The Morgan fingerprint density at radius 1 is 1.26 bits per heavy atom. The first-order valence-electron chi connectivity index (χ1n) is 8.14. The van der Waals surface area contributed by atoms with Crippen LogP contribution in [0.1, 0.15) is 36.2 Å². The van der Waals surface area contributed by atoms with Gasteiger partial charge in [0, 0.05) is 28.5 Å². The number of carbonyl (C=O) groups excluding carboxylic acids is 1. The maximum Gasteiger partial charge on any atom is 0.268 e. The molecule has 1 aromatic carbocycles. The molecule has 0 saturated carbocycles. The Morgan fingerprint density at radius 2 is 2.13 bits per heavy atom. The van der Waals surface area contributed by atoms with Gasteiger partial charge in [0.15, 0.2) is 0 Å². The molecule has 4 rings (SSSR count). The van der Waals surface area contributed by atoms with Crippen molar-refractivity contribution in [3.8, 4) is 0 Å². The summed E-state index contributed by atoms with van der Waals surface area (Å²) >= 11 is 3.27. The second-order valence-electron chi connectivity index (χ2n) is 6.50. The highest BCUT2D eigenvalue weighted by Gasteiger charge is 2.36. The number of H-pyrrole nitrogens is 1. The van der Waals surface area contributed by atoms with Gasteiger partial charge in [0.25, 0.3) is 5.91 Å². The van der Waals surface area contributed by atoms with Crippen molar-refractivity contribution in [2.24, 2.45) is 0 Å². The van der Waals surface area contributed by atoms with Gasteiger partial charge in [-0.15, -0.1) is 0 Å². The van der Waals surface area contributed by atoms with Crippen molar-refractivity contribution in [2.75, 3.05) is 13.1 Å². The van der Waals surface area contributed by atoms with Crippen LogP contribution in [0.3, 0.4) is 0 Å². The first-order valence-corrected chi connectivity index (χ1v) is 8.94. The highest BCUT2D eigenvalue weighted by molar-refractivity contribution is 9.10. The van der Waals surface area contributed by atoms with Gasteiger partial charge in [0.1, 0.15) is 11.5 Å². The summed E-state index contributed by atoms with van der Waals surface area (Å²) in [4.78, 5) is 18.1. The van der Waals surface area contributed by atoms with E-state index in [2.05, 4.69) is 31.1 Å². The second kappa shape index (κ2) is 5.91. The van der Waals surface area contributed by atoms with Crippen molar-refractivity contribution >= 4 is 32.7 Å². The Balaban J connectivity index is 1.54. The number of nitrogens with one attached hydrogen (secondary N) is 2. The van der Waals surface area contributed by atoms with Crippen LogP contribution in [-0.4, -0.2) is 41.0 Å². The van der Waals surface area contributed by atoms with Crippen molar-refractivity contribution in [1.29, 1.82) is 0 Å². The van der Waals surface area contributed by atoms with Gasteiger partial charge in [-0.3, -0.25) is 9.69 Å². The molecule has 122 valence electrons. The third-order valence-electron chi connectivity index (χ3n) is 5.07. The zero-order valence-electron chi connectivity index (χ0n) is 12.7. The summed E-state index contributed by atoms with van der Waals surface area (Å²) in [6.07, 6.45) is 4.64. The number of fused-ring (bicyclic) bond motifs is 2. The van der Waals surface area contributed by atoms with E-state index in [0.29, 0.717) is 27.1 Å². The molecule has 2 fully saturated rings. The molecule has 0 radical (unpaired) electrons. The van der Waals surface area contributed by atoms with Crippen molar-refractivity contribution < 1.29 is 9.18 Å². The van der Waals surface area contributed by atoms with E-state index in [9.17, 15) is 9.18 Å². The maximum absolute atomic E-state index is 14.0. The lowest BCUT2D eigenvalue weighted by atomic mass is 9.99. The van der Waals surface area contributed by atoms with E-state index in [0.717, 1.165) is 25.9 Å². The third kappa shape index (κ3) is 2.78. The highest BCUT2D eigenvalue weighted by atomic mass is 79.9. The molecule has 2 aromatic rings. The summed E-state index contributed by atoms with van der Waals surface area (Å²) in [5.41, 5.74) is 1.05. The minimum Gasteiger partial charge on any atom is -0.350 e. The molecule has 6 heteroatoms. The lowest BCUT2D eigenvalue weighted by Crippen LogP contribution is -2.46. The molecular formula is C17H19BrFN3O. The number of amides is 1.